The molecule has 4 amide bonds. The molecule has 1 aliphatic heterocycles. The first-order chi connectivity index (χ1) is 13.7. The molecular weight excluding hydrogens is 380 g/mol. The van der Waals surface area contributed by atoms with Crippen LogP contribution in [0.2, 0.25) is 0 Å². The lowest BCUT2D eigenvalue weighted by atomic mass is 9.84. The molecule has 156 valence electrons. The van der Waals surface area contributed by atoms with E-state index in [0.717, 1.165) is 29.4 Å². The second-order valence-corrected chi connectivity index (χ2v) is 8.77. The number of urea groups is 1. The number of carbonyl (C=O) groups excluding carboxylic acids is 3. The third kappa shape index (κ3) is 3.38. The van der Waals surface area contributed by atoms with Crippen LogP contribution in [0.25, 0.3) is 0 Å². The standard InChI is InChI=1S/C21H25F2N3O3/c1-11(15-8-12-3-4-13(15)7-12)24-18(27)10-26-19(28)21(2,25-20(26)29)14-5-6-16(22)17(23)9-14/h5-6,9,11-13,15H,3-4,7-8,10H2,1-2H3,(H,24,27)(H,25,29). The third-order valence-corrected chi connectivity index (χ3v) is 6.90. The van der Waals surface area contributed by atoms with Gasteiger partial charge in [-0.05, 0) is 68.6 Å². The number of rotatable bonds is 5. The Labute approximate surface area is 168 Å². The molecule has 3 aliphatic rings. The molecule has 6 nitrogen and oxygen atoms in total. The van der Waals surface area contributed by atoms with E-state index < -0.39 is 41.6 Å². The zero-order valence-electron chi connectivity index (χ0n) is 16.5. The summed E-state index contributed by atoms with van der Waals surface area (Å²) in [5, 5.41) is 5.43. The fraction of sp³-hybridized carbons (Fsp3) is 0.571. The van der Waals surface area contributed by atoms with Crippen molar-refractivity contribution in [1.29, 1.82) is 0 Å². The molecule has 0 spiro atoms. The van der Waals surface area contributed by atoms with Gasteiger partial charge in [-0.15, -0.1) is 0 Å². The number of nitrogens with one attached hydrogen (secondary N) is 2. The number of hydrogen-bond donors (Lipinski definition) is 2. The Morgan fingerprint density at radius 1 is 1.28 bits per heavy atom. The van der Waals surface area contributed by atoms with Crippen LogP contribution in [0.5, 0.6) is 0 Å². The first-order valence-corrected chi connectivity index (χ1v) is 10.1. The number of amides is 4. The molecule has 2 bridgehead atoms. The van der Waals surface area contributed by atoms with Crippen molar-refractivity contribution in [3.63, 3.8) is 0 Å². The molecule has 1 saturated heterocycles. The Kier molecular flexibility index (Phi) is 4.83. The summed E-state index contributed by atoms with van der Waals surface area (Å²) >= 11 is 0. The smallest absolute Gasteiger partial charge is 0.325 e. The van der Waals surface area contributed by atoms with Gasteiger partial charge >= 0.3 is 6.03 Å². The molecule has 0 radical (unpaired) electrons. The molecule has 5 unspecified atom stereocenters. The molecule has 3 fully saturated rings. The number of hydrogen-bond acceptors (Lipinski definition) is 3. The monoisotopic (exact) mass is 405 g/mol. The molecular formula is C21H25F2N3O3. The molecule has 4 rings (SSSR count). The molecule has 2 saturated carbocycles. The van der Waals surface area contributed by atoms with E-state index in [2.05, 4.69) is 10.6 Å². The molecule has 8 heteroatoms. The summed E-state index contributed by atoms with van der Waals surface area (Å²) < 4.78 is 26.8. The molecule has 1 heterocycles. The van der Waals surface area contributed by atoms with Crippen LogP contribution in [0.1, 0.15) is 45.1 Å². The lowest BCUT2D eigenvalue weighted by Gasteiger charge is -2.29. The summed E-state index contributed by atoms with van der Waals surface area (Å²) in [6.45, 7) is 2.98. The van der Waals surface area contributed by atoms with Crippen molar-refractivity contribution >= 4 is 17.8 Å². The molecule has 1 aromatic rings. The van der Waals surface area contributed by atoms with E-state index in [0.29, 0.717) is 11.8 Å². The van der Waals surface area contributed by atoms with Crippen LogP contribution in [0, 0.1) is 29.4 Å². The highest BCUT2D eigenvalue weighted by atomic mass is 19.2. The fourth-order valence-corrected chi connectivity index (χ4v) is 5.30. The van der Waals surface area contributed by atoms with Gasteiger partial charge in [0.2, 0.25) is 5.91 Å². The lowest BCUT2D eigenvalue weighted by Crippen LogP contribution is -2.47. The maximum atomic E-state index is 13.6. The van der Waals surface area contributed by atoms with Crippen molar-refractivity contribution in [2.75, 3.05) is 6.54 Å². The van der Waals surface area contributed by atoms with Crippen molar-refractivity contribution in [2.45, 2.75) is 51.1 Å². The Bertz CT molecular complexity index is 877. The number of halogens is 2. The predicted molar refractivity (Wildman–Crippen MR) is 100 cm³/mol. The number of nitrogens with zero attached hydrogens (tertiary/aromatic N) is 1. The van der Waals surface area contributed by atoms with E-state index in [1.54, 1.807) is 0 Å². The highest BCUT2D eigenvalue weighted by Crippen LogP contribution is 2.49. The molecule has 2 N–H and O–H groups in total. The van der Waals surface area contributed by atoms with E-state index in [-0.39, 0.29) is 11.6 Å². The second-order valence-electron chi connectivity index (χ2n) is 8.77. The average molecular weight is 405 g/mol. The molecule has 5 atom stereocenters. The minimum atomic E-state index is -1.55. The van der Waals surface area contributed by atoms with E-state index in [1.807, 2.05) is 6.92 Å². The zero-order chi connectivity index (χ0) is 20.9. The van der Waals surface area contributed by atoms with Gasteiger partial charge in [0.15, 0.2) is 11.6 Å². The minimum absolute atomic E-state index is 0.0175. The van der Waals surface area contributed by atoms with E-state index in [4.69, 9.17) is 0 Å². The molecule has 1 aromatic carbocycles. The van der Waals surface area contributed by atoms with Crippen molar-refractivity contribution < 1.29 is 23.2 Å². The third-order valence-electron chi connectivity index (χ3n) is 6.90. The SMILES string of the molecule is CC(NC(=O)CN1C(=O)NC(C)(c2ccc(F)c(F)c2)C1=O)C1CC2CCC1C2. The van der Waals surface area contributed by atoms with Crippen LogP contribution in [-0.4, -0.2) is 35.3 Å². The van der Waals surface area contributed by atoms with Gasteiger partial charge in [-0.3, -0.25) is 14.5 Å². The summed E-state index contributed by atoms with van der Waals surface area (Å²) in [4.78, 5) is 38.6. The maximum absolute atomic E-state index is 13.6. The van der Waals surface area contributed by atoms with Crippen LogP contribution in [-0.2, 0) is 15.1 Å². The zero-order valence-corrected chi connectivity index (χ0v) is 16.5. The van der Waals surface area contributed by atoms with Crippen LogP contribution in [0.15, 0.2) is 18.2 Å². The number of benzene rings is 1. The Balaban J connectivity index is 1.42. The van der Waals surface area contributed by atoms with Crippen LogP contribution in [0.3, 0.4) is 0 Å². The topological polar surface area (TPSA) is 78.5 Å². The van der Waals surface area contributed by atoms with E-state index in [9.17, 15) is 23.2 Å². The minimum Gasteiger partial charge on any atom is -0.352 e. The summed E-state index contributed by atoms with van der Waals surface area (Å²) in [6, 6.07) is 2.29. The number of fused-ring (bicyclic) bond motifs is 2. The molecule has 0 aromatic heterocycles. The van der Waals surface area contributed by atoms with Gasteiger partial charge in [-0.1, -0.05) is 12.5 Å². The Hall–Kier alpha value is -2.51. The van der Waals surface area contributed by atoms with E-state index in [1.165, 1.54) is 32.3 Å². The maximum Gasteiger partial charge on any atom is 0.325 e. The van der Waals surface area contributed by atoms with Gasteiger partial charge in [0.05, 0.1) is 0 Å². The largest absolute Gasteiger partial charge is 0.352 e. The lowest BCUT2D eigenvalue weighted by molar-refractivity contribution is -0.135. The van der Waals surface area contributed by atoms with Crippen LogP contribution in [0.4, 0.5) is 13.6 Å². The van der Waals surface area contributed by atoms with Gasteiger partial charge in [0, 0.05) is 6.04 Å². The van der Waals surface area contributed by atoms with Crippen molar-refractivity contribution in [2.24, 2.45) is 17.8 Å². The molecule has 2 aliphatic carbocycles. The first kappa shape index (κ1) is 19.8. The Morgan fingerprint density at radius 3 is 2.66 bits per heavy atom. The number of imide groups is 1. The van der Waals surface area contributed by atoms with Crippen molar-refractivity contribution in [3.8, 4) is 0 Å². The predicted octanol–water partition coefficient (Wildman–Crippen LogP) is 2.67. The first-order valence-electron chi connectivity index (χ1n) is 10.1. The van der Waals surface area contributed by atoms with Crippen LogP contribution < -0.4 is 10.6 Å². The van der Waals surface area contributed by atoms with Gasteiger partial charge in [0.1, 0.15) is 12.1 Å². The average Bonchev–Trinajstić information content (AvgIpc) is 3.35. The van der Waals surface area contributed by atoms with E-state index >= 15 is 0 Å². The number of carbonyl (C=O) groups is 3. The Morgan fingerprint density at radius 2 is 2.03 bits per heavy atom. The van der Waals surface area contributed by atoms with Gasteiger partial charge in [-0.2, -0.15) is 0 Å². The van der Waals surface area contributed by atoms with Crippen molar-refractivity contribution in [1.82, 2.24) is 15.5 Å². The van der Waals surface area contributed by atoms with Gasteiger partial charge in [0.25, 0.3) is 5.91 Å². The second kappa shape index (κ2) is 7.07. The highest BCUT2D eigenvalue weighted by molar-refractivity contribution is 6.09. The van der Waals surface area contributed by atoms with Crippen LogP contribution >= 0.6 is 0 Å². The fourth-order valence-electron chi connectivity index (χ4n) is 5.30. The summed E-state index contributed by atoms with van der Waals surface area (Å²) in [5.41, 5.74) is -1.43. The normalized spacial score (nSPS) is 31.9. The highest BCUT2D eigenvalue weighted by Gasteiger charge is 2.50. The quantitative estimate of drug-likeness (QED) is 0.740. The van der Waals surface area contributed by atoms with Gasteiger partial charge < -0.3 is 10.6 Å². The molecule has 29 heavy (non-hydrogen) atoms. The summed E-state index contributed by atoms with van der Waals surface area (Å²) in [6.07, 6.45) is 4.82. The summed E-state index contributed by atoms with van der Waals surface area (Å²) in [7, 11) is 0. The van der Waals surface area contributed by atoms with Crippen molar-refractivity contribution in [3.05, 3.63) is 35.4 Å². The summed E-state index contributed by atoms with van der Waals surface area (Å²) in [5.74, 6) is -1.39. The van der Waals surface area contributed by atoms with Gasteiger partial charge in [-0.25, -0.2) is 13.6 Å².